The second-order valence-corrected chi connectivity index (χ2v) is 8.31. The fraction of sp³-hybridized carbons (Fsp3) is 0.182. The Morgan fingerprint density at radius 2 is 1.47 bits per heavy atom. The Labute approximate surface area is 212 Å². The molecule has 0 spiro atoms. The molecule has 0 aliphatic carbocycles. The third kappa shape index (κ3) is 6.14. The minimum absolute atomic E-state index is 0.00407. The first-order valence-corrected chi connectivity index (χ1v) is 11.8. The van der Waals surface area contributed by atoms with Crippen molar-refractivity contribution < 1.29 is 49.2 Å². The van der Waals surface area contributed by atoms with Crippen LogP contribution in [-0.2, 0) is 24.7 Å². The van der Waals surface area contributed by atoms with Crippen LogP contribution < -0.4 is 5.32 Å². The molecule has 2 atom stereocenters. The molecule has 14 heteroatoms. The largest absolute Gasteiger partial charge is 0.481 e. The molecule has 12 nitrogen and oxygen atoms in total. The molecule has 0 fully saturated rings. The van der Waals surface area contributed by atoms with Crippen LogP contribution in [0, 0.1) is 0 Å². The van der Waals surface area contributed by atoms with Crippen molar-refractivity contribution in [2.75, 3.05) is 0 Å². The maximum atomic E-state index is 13.3. The summed E-state index contributed by atoms with van der Waals surface area (Å²) in [7, 11) is 0.323. The lowest BCUT2D eigenvalue weighted by atomic mass is 9.82. The van der Waals surface area contributed by atoms with E-state index in [1.54, 1.807) is 6.07 Å². The number of benzene rings is 2. The third-order valence-corrected chi connectivity index (χ3v) is 6.12. The molecular formula is C22H20N2O10S2. The van der Waals surface area contributed by atoms with Crippen LogP contribution in [0.15, 0.2) is 54.6 Å². The topological polar surface area (TPSA) is 199 Å². The first-order valence-electron chi connectivity index (χ1n) is 9.97. The first-order chi connectivity index (χ1) is 16.9. The molecule has 36 heavy (non-hydrogen) atoms. The molecule has 0 heterocycles. The monoisotopic (exact) mass is 536 g/mol. The van der Waals surface area contributed by atoms with Crippen molar-refractivity contribution in [3.05, 3.63) is 71.3 Å². The number of nitrogens with zero attached hydrogens (tertiary/aromatic N) is 1. The average molecular weight is 537 g/mol. The zero-order valence-corrected chi connectivity index (χ0v) is 19.9. The van der Waals surface area contributed by atoms with Gasteiger partial charge in [-0.2, -0.15) is 0 Å². The molecular weight excluding hydrogens is 516 g/mol. The van der Waals surface area contributed by atoms with Gasteiger partial charge in [-0.25, -0.2) is 9.59 Å². The Bertz CT molecular complexity index is 1190. The summed E-state index contributed by atoms with van der Waals surface area (Å²) in [6.45, 7) is 0. The number of rotatable bonds is 12. The number of nitrogens with one attached hydrogen (secondary N) is 1. The summed E-state index contributed by atoms with van der Waals surface area (Å²) >= 11 is 3.99. The molecule has 2 unspecified atom stereocenters. The number of hydrogen-bond acceptors (Lipinski definition) is 8. The molecule has 0 aromatic heterocycles. The van der Waals surface area contributed by atoms with Crippen LogP contribution in [0.3, 0.4) is 0 Å². The standard InChI is InChI=1S/C22H20N2O10S2/c25-16(26)10-15(20(31)32)23-18(29)13-8-4-5-9-14(13)22(21(33)34,11-17(27)28)24(36-35)19(30)12-6-2-1-3-7-12/h1-9,15,35H,10-11H2,(H,23,29)(H,25,26)(H,27,28)(H,31,32)(H,33,34). The van der Waals surface area contributed by atoms with E-state index >= 15 is 0 Å². The lowest BCUT2D eigenvalue weighted by molar-refractivity contribution is -0.154. The quantitative estimate of drug-likeness (QED) is 0.131. The summed E-state index contributed by atoms with van der Waals surface area (Å²) in [6, 6.07) is 10.3. The fourth-order valence-electron chi connectivity index (χ4n) is 3.40. The van der Waals surface area contributed by atoms with Gasteiger partial charge in [-0.15, -0.1) is 0 Å². The zero-order valence-electron chi connectivity index (χ0n) is 18.2. The molecule has 0 saturated carbocycles. The number of carbonyl (C=O) groups excluding carboxylic acids is 2. The van der Waals surface area contributed by atoms with Gasteiger partial charge in [0.2, 0.25) is 0 Å². The second kappa shape index (κ2) is 12.1. The minimum atomic E-state index is -2.69. The van der Waals surface area contributed by atoms with E-state index < -0.39 is 71.2 Å². The summed E-state index contributed by atoms with van der Waals surface area (Å²) in [5, 5.41) is 40.1. The summed E-state index contributed by atoms with van der Waals surface area (Å²) in [4.78, 5) is 73.4. The van der Waals surface area contributed by atoms with Crippen molar-refractivity contribution in [3.8, 4) is 0 Å². The number of carboxylic acid groups (broad SMARTS) is 4. The Morgan fingerprint density at radius 3 is 1.97 bits per heavy atom. The van der Waals surface area contributed by atoms with E-state index in [2.05, 4.69) is 11.7 Å². The van der Waals surface area contributed by atoms with Crippen LogP contribution in [0.1, 0.15) is 39.1 Å². The predicted molar refractivity (Wildman–Crippen MR) is 128 cm³/mol. The van der Waals surface area contributed by atoms with Crippen LogP contribution in [0.25, 0.3) is 0 Å². The maximum absolute atomic E-state index is 13.3. The van der Waals surface area contributed by atoms with E-state index in [-0.39, 0.29) is 5.56 Å². The number of carbonyl (C=O) groups is 6. The van der Waals surface area contributed by atoms with E-state index in [4.69, 9.17) is 5.11 Å². The van der Waals surface area contributed by atoms with Gasteiger partial charge >= 0.3 is 23.9 Å². The van der Waals surface area contributed by atoms with Crippen LogP contribution >= 0.6 is 22.6 Å². The molecule has 190 valence electrons. The smallest absolute Gasteiger partial charge is 0.335 e. The highest BCUT2D eigenvalue weighted by Crippen LogP contribution is 2.41. The Kier molecular flexibility index (Phi) is 9.46. The van der Waals surface area contributed by atoms with Gasteiger partial charge < -0.3 is 25.7 Å². The highest BCUT2D eigenvalue weighted by atomic mass is 33.1. The van der Waals surface area contributed by atoms with Gasteiger partial charge in [0.1, 0.15) is 6.04 Å². The van der Waals surface area contributed by atoms with Crippen molar-refractivity contribution in [3.63, 3.8) is 0 Å². The highest BCUT2D eigenvalue weighted by Gasteiger charge is 2.52. The molecule has 0 saturated heterocycles. The van der Waals surface area contributed by atoms with E-state index in [0.717, 1.165) is 12.1 Å². The normalized spacial score (nSPS) is 13.0. The van der Waals surface area contributed by atoms with Crippen molar-refractivity contribution in [1.29, 1.82) is 0 Å². The number of hydrogen-bond donors (Lipinski definition) is 6. The molecule has 0 aliphatic rings. The average Bonchev–Trinajstić information content (AvgIpc) is 2.83. The van der Waals surface area contributed by atoms with Crippen LogP contribution in [0.2, 0.25) is 0 Å². The van der Waals surface area contributed by atoms with Gasteiger partial charge in [0.15, 0.2) is 5.54 Å². The lowest BCUT2D eigenvalue weighted by Crippen LogP contribution is -2.53. The van der Waals surface area contributed by atoms with Gasteiger partial charge in [-0.3, -0.25) is 23.5 Å². The first kappa shape index (κ1) is 28.2. The molecule has 0 radical (unpaired) electrons. The Morgan fingerprint density at radius 1 is 0.889 bits per heavy atom. The van der Waals surface area contributed by atoms with Gasteiger partial charge in [-0.1, -0.05) is 48.1 Å². The highest BCUT2D eigenvalue weighted by molar-refractivity contribution is 8.67. The number of amides is 2. The SMILES string of the molecule is O=C(O)CC(NC(=O)c1ccccc1C(CC(=O)O)(C(=O)O)N(SS)C(=O)c1ccccc1)C(=O)O. The van der Waals surface area contributed by atoms with E-state index in [9.17, 15) is 44.1 Å². The van der Waals surface area contributed by atoms with Crippen molar-refractivity contribution >= 4 is 58.3 Å². The van der Waals surface area contributed by atoms with E-state index in [0.29, 0.717) is 15.3 Å². The van der Waals surface area contributed by atoms with Crippen molar-refractivity contribution in [1.82, 2.24) is 9.62 Å². The van der Waals surface area contributed by atoms with E-state index in [1.165, 1.54) is 36.4 Å². The van der Waals surface area contributed by atoms with Gasteiger partial charge in [0.25, 0.3) is 11.8 Å². The van der Waals surface area contributed by atoms with Gasteiger partial charge in [0.05, 0.1) is 12.8 Å². The number of aliphatic carboxylic acids is 4. The Hall–Kier alpha value is -4.04. The van der Waals surface area contributed by atoms with Crippen LogP contribution in [0.5, 0.6) is 0 Å². The molecule has 2 aromatic carbocycles. The van der Waals surface area contributed by atoms with Crippen LogP contribution in [0.4, 0.5) is 0 Å². The zero-order chi connectivity index (χ0) is 27.0. The van der Waals surface area contributed by atoms with Crippen LogP contribution in [-0.4, -0.2) is 66.5 Å². The van der Waals surface area contributed by atoms with Crippen molar-refractivity contribution in [2.24, 2.45) is 0 Å². The molecule has 2 amide bonds. The van der Waals surface area contributed by atoms with Gasteiger partial charge in [-0.05, 0) is 18.2 Å². The van der Waals surface area contributed by atoms with Gasteiger partial charge in [0, 0.05) is 27.7 Å². The molecule has 2 rings (SSSR count). The molecule has 5 N–H and O–H groups in total. The molecule has 0 aliphatic heterocycles. The summed E-state index contributed by atoms with van der Waals surface area (Å²) in [5.74, 6) is -8.74. The summed E-state index contributed by atoms with van der Waals surface area (Å²) in [5.41, 5.74) is -3.62. The number of carboxylic acids is 4. The summed E-state index contributed by atoms with van der Waals surface area (Å²) < 4.78 is 0.597. The Balaban J connectivity index is 2.74. The van der Waals surface area contributed by atoms with Crippen molar-refractivity contribution in [2.45, 2.75) is 24.4 Å². The maximum Gasteiger partial charge on any atom is 0.335 e. The molecule has 2 aromatic rings. The number of thiol groups is 1. The second-order valence-electron chi connectivity index (χ2n) is 7.29. The summed E-state index contributed by atoms with van der Waals surface area (Å²) in [6.07, 6.45) is -2.18. The third-order valence-electron chi connectivity index (χ3n) is 4.99. The van der Waals surface area contributed by atoms with E-state index in [1.807, 2.05) is 5.32 Å². The fourth-order valence-corrected chi connectivity index (χ4v) is 4.60. The minimum Gasteiger partial charge on any atom is -0.481 e. The lowest BCUT2D eigenvalue weighted by Gasteiger charge is -2.38. The molecule has 0 bridgehead atoms. The predicted octanol–water partition coefficient (Wildman–Crippen LogP) is 1.73.